The third-order valence-electron chi connectivity index (χ3n) is 5.47. The van der Waals surface area contributed by atoms with Crippen LogP contribution >= 0.6 is 0 Å². The minimum absolute atomic E-state index is 0.00498. The Bertz CT molecular complexity index is 732. The first kappa shape index (κ1) is 17.1. The van der Waals surface area contributed by atoms with Crippen LogP contribution in [0.4, 0.5) is 0 Å². The summed E-state index contributed by atoms with van der Waals surface area (Å²) in [6, 6.07) is 8.33. The molecule has 0 spiro atoms. The van der Waals surface area contributed by atoms with Gasteiger partial charge in [0.25, 0.3) is 5.91 Å². The summed E-state index contributed by atoms with van der Waals surface area (Å²) in [6.45, 7) is 2.90. The van der Waals surface area contributed by atoms with E-state index in [1.165, 1.54) is 5.56 Å². The normalized spacial score (nSPS) is 24.5. The van der Waals surface area contributed by atoms with Crippen LogP contribution < -0.4 is 0 Å². The number of β-lactam (4-membered cyclic amide) rings is 1. The minimum atomic E-state index is -0.370. The second-order valence-electron chi connectivity index (χ2n) is 7.00. The predicted octanol–water partition coefficient (Wildman–Crippen LogP) is 2.04. The standard InChI is InChI=1S/C20H24N4O2/c1-26-19-18(16-4-9-21-10-5-16)24(20(19)25)17-6-11-23(12-7-17)14-15-3-2-8-22-13-15/h2-5,8-10,13,17-19H,6-7,11-12,14H2,1H3. The molecule has 2 atom stereocenters. The fourth-order valence-corrected chi connectivity index (χ4v) is 4.12. The molecule has 0 N–H and O–H groups in total. The highest BCUT2D eigenvalue weighted by molar-refractivity contribution is 5.89. The number of hydrogen-bond acceptors (Lipinski definition) is 5. The zero-order valence-corrected chi connectivity index (χ0v) is 15.0. The number of rotatable bonds is 5. The van der Waals surface area contributed by atoms with Gasteiger partial charge in [-0.15, -0.1) is 0 Å². The second-order valence-corrected chi connectivity index (χ2v) is 7.00. The third-order valence-corrected chi connectivity index (χ3v) is 5.47. The van der Waals surface area contributed by atoms with Crippen LogP contribution in [-0.4, -0.2) is 58.0 Å². The molecule has 2 aliphatic rings. The molecule has 136 valence electrons. The van der Waals surface area contributed by atoms with Gasteiger partial charge < -0.3 is 9.64 Å². The maximum absolute atomic E-state index is 12.6. The number of aromatic nitrogens is 2. The van der Waals surface area contributed by atoms with Crippen LogP contribution in [0.25, 0.3) is 0 Å². The van der Waals surface area contributed by atoms with Crippen LogP contribution in [0.15, 0.2) is 49.1 Å². The van der Waals surface area contributed by atoms with Gasteiger partial charge >= 0.3 is 0 Å². The number of carbonyl (C=O) groups is 1. The summed E-state index contributed by atoms with van der Waals surface area (Å²) in [5.74, 6) is 0.111. The Hall–Kier alpha value is -2.31. The van der Waals surface area contributed by atoms with Crippen molar-refractivity contribution in [1.82, 2.24) is 19.8 Å². The summed E-state index contributed by atoms with van der Waals surface area (Å²) >= 11 is 0. The van der Waals surface area contributed by atoms with Gasteiger partial charge in [-0.3, -0.25) is 19.7 Å². The molecule has 1 amide bonds. The van der Waals surface area contributed by atoms with Crippen molar-refractivity contribution in [3.63, 3.8) is 0 Å². The minimum Gasteiger partial charge on any atom is -0.369 e. The maximum Gasteiger partial charge on any atom is 0.255 e. The fraction of sp³-hybridized carbons (Fsp3) is 0.450. The van der Waals surface area contributed by atoms with Gasteiger partial charge in [0, 0.05) is 57.6 Å². The Morgan fingerprint density at radius 3 is 2.54 bits per heavy atom. The number of hydrogen-bond donors (Lipinski definition) is 0. The van der Waals surface area contributed by atoms with Crippen LogP contribution in [0.5, 0.6) is 0 Å². The van der Waals surface area contributed by atoms with Crippen molar-refractivity contribution in [2.75, 3.05) is 20.2 Å². The molecule has 6 nitrogen and oxygen atoms in total. The summed E-state index contributed by atoms with van der Waals surface area (Å²) in [4.78, 5) is 25.4. The molecule has 0 saturated carbocycles. The predicted molar refractivity (Wildman–Crippen MR) is 97.2 cm³/mol. The van der Waals surface area contributed by atoms with E-state index in [1.807, 2.05) is 29.3 Å². The third kappa shape index (κ3) is 3.22. The number of likely N-dealkylation sites (tertiary alicyclic amines) is 2. The summed E-state index contributed by atoms with van der Waals surface area (Å²) in [7, 11) is 1.62. The van der Waals surface area contributed by atoms with Crippen molar-refractivity contribution in [2.45, 2.75) is 37.6 Å². The molecular weight excluding hydrogens is 328 g/mol. The van der Waals surface area contributed by atoms with Crippen molar-refractivity contribution in [2.24, 2.45) is 0 Å². The zero-order chi connectivity index (χ0) is 17.9. The zero-order valence-electron chi connectivity index (χ0n) is 15.0. The molecule has 2 aromatic heterocycles. The molecule has 2 saturated heterocycles. The van der Waals surface area contributed by atoms with Gasteiger partial charge in [-0.25, -0.2) is 0 Å². The lowest BCUT2D eigenvalue weighted by atomic mass is 9.86. The van der Waals surface area contributed by atoms with Crippen molar-refractivity contribution in [1.29, 1.82) is 0 Å². The Balaban J connectivity index is 1.41. The van der Waals surface area contributed by atoms with Gasteiger partial charge in [0.2, 0.25) is 0 Å². The lowest BCUT2D eigenvalue weighted by Gasteiger charge is -2.52. The molecule has 2 fully saturated rings. The highest BCUT2D eigenvalue weighted by Crippen LogP contribution is 2.40. The number of piperidine rings is 1. The summed E-state index contributed by atoms with van der Waals surface area (Å²) < 4.78 is 5.46. The van der Waals surface area contributed by atoms with Crippen molar-refractivity contribution in [3.8, 4) is 0 Å². The smallest absolute Gasteiger partial charge is 0.255 e. The first-order valence-electron chi connectivity index (χ1n) is 9.14. The van der Waals surface area contributed by atoms with Crippen molar-refractivity contribution < 1.29 is 9.53 Å². The van der Waals surface area contributed by atoms with Gasteiger partial charge in [-0.05, 0) is 42.2 Å². The highest BCUT2D eigenvalue weighted by Gasteiger charge is 2.51. The van der Waals surface area contributed by atoms with E-state index in [-0.39, 0.29) is 24.1 Å². The molecule has 6 heteroatoms. The Morgan fingerprint density at radius 2 is 1.88 bits per heavy atom. The van der Waals surface area contributed by atoms with Gasteiger partial charge in [-0.2, -0.15) is 0 Å². The van der Waals surface area contributed by atoms with E-state index < -0.39 is 0 Å². The molecule has 2 aromatic rings. The second kappa shape index (κ2) is 7.51. The maximum atomic E-state index is 12.6. The molecule has 26 heavy (non-hydrogen) atoms. The lowest BCUT2D eigenvalue weighted by Crippen LogP contribution is -2.64. The molecule has 2 unspecified atom stereocenters. The van der Waals surface area contributed by atoms with Crippen molar-refractivity contribution >= 4 is 5.91 Å². The average Bonchev–Trinajstić information content (AvgIpc) is 2.69. The molecule has 0 radical (unpaired) electrons. The molecule has 4 heterocycles. The molecule has 4 rings (SSSR count). The van der Waals surface area contributed by atoms with Crippen molar-refractivity contribution in [3.05, 3.63) is 60.2 Å². The van der Waals surface area contributed by atoms with Crippen LogP contribution in [0, 0.1) is 0 Å². The summed E-state index contributed by atoms with van der Waals surface area (Å²) in [6.07, 6.45) is 8.89. The Labute approximate surface area is 153 Å². The molecule has 2 aliphatic heterocycles. The molecule has 0 aromatic carbocycles. The van der Waals surface area contributed by atoms with Gasteiger partial charge in [0.15, 0.2) is 6.10 Å². The number of pyridine rings is 2. The summed E-state index contributed by atoms with van der Waals surface area (Å²) in [5.41, 5.74) is 2.34. The van der Waals surface area contributed by atoms with E-state index in [2.05, 4.69) is 20.9 Å². The number of nitrogens with zero attached hydrogens (tertiary/aromatic N) is 4. The van der Waals surface area contributed by atoms with E-state index in [0.717, 1.165) is 38.0 Å². The SMILES string of the molecule is COC1C(=O)N(C2CCN(Cc3cccnc3)CC2)C1c1ccncc1. The number of ether oxygens (including phenoxy) is 1. The fourth-order valence-electron chi connectivity index (χ4n) is 4.12. The highest BCUT2D eigenvalue weighted by atomic mass is 16.5. The molecule has 0 bridgehead atoms. The van der Waals surface area contributed by atoms with Gasteiger partial charge in [-0.1, -0.05) is 6.07 Å². The van der Waals surface area contributed by atoms with Crippen LogP contribution in [0.1, 0.15) is 30.0 Å². The number of carbonyl (C=O) groups excluding carboxylic acids is 1. The van der Waals surface area contributed by atoms with E-state index in [1.54, 1.807) is 25.7 Å². The van der Waals surface area contributed by atoms with Crippen LogP contribution in [-0.2, 0) is 16.1 Å². The van der Waals surface area contributed by atoms with E-state index >= 15 is 0 Å². The lowest BCUT2D eigenvalue weighted by molar-refractivity contribution is -0.178. The molecular formula is C20H24N4O2. The Morgan fingerprint density at radius 1 is 1.12 bits per heavy atom. The first-order valence-corrected chi connectivity index (χ1v) is 9.14. The molecule has 0 aliphatic carbocycles. The summed E-state index contributed by atoms with van der Waals surface area (Å²) in [5, 5.41) is 0. The number of methoxy groups -OCH3 is 1. The van der Waals surface area contributed by atoms with Gasteiger partial charge in [0.1, 0.15) is 0 Å². The monoisotopic (exact) mass is 352 g/mol. The van der Waals surface area contributed by atoms with Crippen LogP contribution in [0.3, 0.4) is 0 Å². The average molecular weight is 352 g/mol. The van der Waals surface area contributed by atoms with Crippen LogP contribution in [0.2, 0.25) is 0 Å². The van der Waals surface area contributed by atoms with E-state index in [4.69, 9.17) is 4.74 Å². The first-order chi connectivity index (χ1) is 12.8. The van der Waals surface area contributed by atoms with E-state index in [9.17, 15) is 4.79 Å². The Kier molecular flexibility index (Phi) is 4.95. The number of amides is 1. The largest absolute Gasteiger partial charge is 0.369 e. The quantitative estimate of drug-likeness (QED) is 0.771. The topological polar surface area (TPSA) is 58.6 Å². The van der Waals surface area contributed by atoms with E-state index in [0.29, 0.717) is 0 Å². The van der Waals surface area contributed by atoms with Gasteiger partial charge in [0.05, 0.1) is 6.04 Å².